The molecule has 1 aromatic rings. The molecule has 0 bridgehead atoms. The SMILES string of the molecule is CCCNS(=O)(=O)c1ccc(OC)c(C(=O)N2CCC(C)CC2)c1. The third-order valence-electron chi connectivity index (χ3n) is 4.32. The molecule has 0 radical (unpaired) electrons. The van der Waals surface area contributed by atoms with Crippen LogP contribution in [0.15, 0.2) is 23.1 Å². The van der Waals surface area contributed by atoms with Crippen LogP contribution >= 0.6 is 0 Å². The Hall–Kier alpha value is -1.60. The fraction of sp³-hybridized carbons (Fsp3) is 0.588. The molecule has 134 valence electrons. The summed E-state index contributed by atoms with van der Waals surface area (Å²) in [6, 6.07) is 4.42. The zero-order chi connectivity index (χ0) is 17.7. The lowest BCUT2D eigenvalue weighted by Crippen LogP contribution is -2.38. The van der Waals surface area contributed by atoms with Crippen molar-refractivity contribution in [3.8, 4) is 5.75 Å². The van der Waals surface area contributed by atoms with Gasteiger partial charge in [0.15, 0.2) is 0 Å². The third kappa shape index (κ3) is 4.27. The van der Waals surface area contributed by atoms with E-state index in [4.69, 9.17) is 4.74 Å². The average Bonchev–Trinajstić information content (AvgIpc) is 2.59. The molecule has 0 atom stereocenters. The first-order chi connectivity index (χ1) is 11.4. The summed E-state index contributed by atoms with van der Waals surface area (Å²) in [5.41, 5.74) is 0.298. The molecule has 6 nitrogen and oxygen atoms in total. The maximum Gasteiger partial charge on any atom is 0.257 e. The van der Waals surface area contributed by atoms with E-state index in [1.165, 1.54) is 19.2 Å². The minimum absolute atomic E-state index is 0.0884. The number of carbonyl (C=O) groups excluding carboxylic acids is 1. The van der Waals surface area contributed by atoms with Crippen molar-refractivity contribution in [2.75, 3.05) is 26.7 Å². The van der Waals surface area contributed by atoms with Crippen LogP contribution in [0.1, 0.15) is 43.5 Å². The Balaban J connectivity index is 2.31. The first kappa shape index (κ1) is 18.7. The number of amides is 1. The summed E-state index contributed by atoms with van der Waals surface area (Å²) >= 11 is 0. The summed E-state index contributed by atoms with van der Waals surface area (Å²) in [5, 5.41) is 0. The lowest BCUT2D eigenvalue weighted by Gasteiger charge is -2.30. The molecular formula is C17H26N2O4S. The Morgan fingerprint density at radius 1 is 1.33 bits per heavy atom. The monoisotopic (exact) mass is 354 g/mol. The van der Waals surface area contributed by atoms with Crippen molar-refractivity contribution < 1.29 is 17.9 Å². The summed E-state index contributed by atoms with van der Waals surface area (Å²) in [5.74, 6) is 0.834. The average molecular weight is 354 g/mol. The van der Waals surface area contributed by atoms with Gasteiger partial charge in [0.2, 0.25) is 10.0 Å². The number of likely N-dealkylation sites (tertiary alicyclic amines) is 1. The molecule has 1 saturated heterocycles. The summed E-state index contributed by atoms with van der Waals surface area (Å²) in [4.78, 5) is 14.7. The highest BCUT2D eigenvalue weighted by Crippen LogP contribution is 2.26. The molecule has 1 aliphatic rings. The van der Waals surface area contributed by atoms with Gasteiger partial charge in [0.25, 0.3) is 5.91 Å². The van der Waals surface area contributed by atoms with E-state index >= 15 is 0 Å². The fourth-order valence-corrected chi connectivity index (χ4v) is 3.88. The van der Waals surface area contributed by atoms with Crippen LogP contribution in [0.25, 0.3) is 0 Å². The molecule has 1 aromatic carbocycles. The maximum atomic E-state index is 12.8. The second-order valence-electron chi connectivity index (χ2n) is 6.23. The van der Waals surface area contributed by atoms with Gasteiger partial charge in [-0.3, -0.25) is 4.79 Å². The van der Waals surface area contributed by atoms with Gasteiger partial charge < -0.3 is 9.64 Å². The van der Waals surface area contributed by atoms with Gasteiger partial charge in [0, 0.05) is 19.6 Å². The third-order valence-corrected chi connectivity index (χ3v) is 5.78. The molecule has 2 rings (SSSR count). The molecular weight excluding hydrogens is 328 g/mol. The first-order valence-corrected chi connectivity index (χ1v) is 9.84. The van der Waals surface area contributed by atoms with Crippen LogP contribution < -0.4 is 9.46 Å². The van der Waals surface area contributed by atoms with Crippen molar-refractivity contribution >= 4 is 15.9 Å². The second-order valence-corrected chi connectivity index (χ2v) is 8.00. The van der Waals surface area contributed by atoms with Crippen LogP contribution in [0.5, 0.6) is 5.75 Å². The smallest absolute Gasteiger partial charge is 0.257 e. The predicted octanol–water partition coefficient (Wildman–Crippen LogP) is 2.26. The zero-order valence-electron chi connectivity index (χ0n) is 14.5. The number of hydrogen-bond acceptors (Lipinski definition) is 4. The predicted molar refractivity (Wildman–Crippen MR) is 92.8 cm³/mol. The summed E-state index contributed by atoms with van der Waals surface area (Å²) in [6.07, 6.45) is 2.63. The van der Waals surface area contributed by atoms with Gasteiger partial charge in [-0.15, -0.1) is 0 Å². The molecule has 0 unspecified atom stereocenters. The zero-order valence-corrected chi connectivity index (χ0v) is 15.4. The van der Waals surface area contributed by atoms with Crippen molar-refractivity contribution in [2.45, 2.75) is 38.0 Å². The topological polar surface area (TPSA) is 75.7 Å². The Labute approximate surface area is 144 Å². The first-order valence-electron chi connectivity index (χ1n) is 8.36. The highest BCUT2D eigenvalue weighted by molar-refractivity contribution is 7.89. The number of sulfonamides is 1. The number of benzene rings is 1. The number of nitrogens with one attached hydrogen (secondary N) is 1. The van der Waals surface area contributed by atoms with Gasteiger partial charge in [0.05, 0.1) is 17.6 Å². The Morgan fingerprint density at radius 3 is 2.58 bits per heavy atom. The van der Waals surface area contributed by atoms with Gasteiger partial charge in [0.1, 0.15) is 5.75 Å². The lowest BCUT2D eigenvalue weighted by atomic mass is 9.98. The number of ether oxygens (including phenoxy) is 1. The molecule has 1 amide bonds. The van der Waals surface area contributed by atoms with E-state index in [9.17, 15) is 13.2 Å². The van der Waals surface area contributed by atoms with E-state index in [0.717, 1.165) is 12.8 Å². The molecule has 0 spiro atoms. The molecule has 1 heterocycles. The van der Waals surface area contributed by atoms with E-state index in [-0.39, 0.29) is 10.8 Å². The van der Waals surface area contributed by atoms with E-state index < -0.39 is 10.0 Å². The highest BCUT2D eigenvalue weighted by atomic mass is 32.2. The van der Waals surface area contributed by atoms with Crippen molar-refractivity contribution in [2.24, 2.45) is 5.92 Å². The van der Waals surface area contributed by atoms with Crippen molar-refractivity contribution in [1.82, 2.24) is 9.62 Å². The number of piperidine rings is 1. The number of carbonyl (C=O) groups is 1. The van der Waals surface area contributed by atoms with Crippen molar-refractivity contribution in [1.29, 1.82) is 0 Å². The van der Waals surface area contributed by atoms with E-state index in [0.29, 0.717) is 43.3 Å². The van der Waals surface area contributed by atoms with Gasteiger partial charge in [-0.25, -0.2) is 13.1 Å². The minimum Gasteiger partial charge on any atom is -0.496 e. The molecule has 24 heavy (non-hydrogen) atoms. The molecule has 0 saturated carbocycles. The normalized spacial score (nSPS) is 16.2. The van der Waals surface area contributed by atoms with E-state index in [1.807, 2.05) is 6.92 Å². The lowest BCUT2D eigenvalue weighted by molar-refractivity contribution is 0.0693. The Morgan fingerprint density at radius 2 is 2.00 bits per heavy atom. The molecule has 7 heteroatoms. The fourth-order valence-electron chi connectivity index (χ4n) is 2.72. The van der Waals surface area contributed by atoms with E-state index in [2.05, 4.69) is 11.6 Å². The highest BCUT2D eigenvalue weighted by Gasteiger charge is 2.25. The summed E-state index contributed by atoms with van der Waals surface area (Å²) < 4.78 is 32.4. The molecule has 1 fully saturated rings. The van der Waals surface area contributed by atoms with Crippen LogP contribution in [-0.4, -0.2) is 46.0 Å². The second kappa shape index (κ2) is 7.98. The number of hydrogen-bond donors (Lipinski definition) is 1. The quantitative estimate of drug-likeness (QED) is 0.850. The van der Waals surface area contributed by atoms with Crippen LogP contribution in [0, 0.1) is 5.92 Å². The number of methoxy groups -OCH3 is 1. The molecule has 1 aliphatic heterocycles. The maximum absolute atomic E-state index is 12.8. The summed E-state index contributed by atoms with van der Waals surface area (Å²) in [7, 11) is -2.14. The standard InChI is InChI=1S/C17H26N2O4S/c1-4-9-18-24(21,22)14-5-6-16(23-3)15(12-14)17(20)19-10-7-13(2)8-11-19/h5-6,12-13,18H,4,7-11H2,1-3H3. The van der Waals surface area contributed by atoms with Gasteiger partial charge in [-0.2, -0.15) is 0 Å². The van der Waals surface area contributed by atoms with Gasteiger partial charge in [-0.05, 0) is 43.4 Å². The summed E-state index contributed by atoms with van der Waals surface area (Å²) in [6.45, 7) is 5.81. The van der Waals surface area contributed by atoms with Crippen LogP contribution in [0.3, 0.4) is 0 Å². The number of rotatable bonds is 6. The van der Waals surface area contributed by atoms with Gasteiger partial charge >= 0.3 is 0 Å². The Bertz CT molecular complexity index is 680. The van der Waals surface area contributed by atoms with E-state index in [1.54, 1.807) is 11.0 Å². The molecule has 1 N–H and O–H groups in total. The van der Waals surface area contributed by atoms with Gasteiger partial charge in [-0.1, -0.05) is 13.8 Å². The Kier molecular flexibility index (Phi) is 6.23. The van der Waals surface area contributed by atoms with Crippen molar-refractivity contribution in [3.05, 3.63) is 23.8 Å². The largest absolute Gasteiger partial charge is 0.496 e. The molecule has 0 aromatic heterocycles. The number of nitrogens with zero attached hydrogens (tertiary/aromatic N) is 1. The minimum atomic E-state index is -3.62. The van der Waals surface area contributed by atoms with Crippen LogP contribution in [0.2, 0.25) is 0 Å². The van der Waals surface area contributed by atoms with Crippen LogP contribution in [-0.2, 0) is 10.0 Å². The van der Waals surface area contributed by atoms with Crippen LogP contribution in [0.4, 0.5) is 0 Å². The molecule has 0 aliphatic carbocycles. The van der Waals surface area contributed by atoms with Crippen molar-refractivity contribution in [3.63, 3.8) is 0 Å².